The Bertz CT molecular complexity index is 1220. The van der Waals surface area contributed by atoms with Gasteiger partial charge in [-0.25, -0.2) is 8.42 Å². The fraction of sp³-hybridized carbons (Fsp3) is 0.208. The van der Waals surface area contributed by atoms with Crippen LogP contribution in [0.5, 0.6) is 17.2 Å². The molecule has 33 heavy (non-hydrogen) atoms. The highest BCUT2D eigenvalue weighted by molar-refractivity contribution is 7.92. The van der Waals surface area contributed by atoms with Gasteiger partial charge in [0.05, 0.1) is 36.6 Å². The molecule has 0 aliphatic carbocycles. The Kier molecular flexibility index (Phi) is 7.44. The summed E-state index contributed by atoms with van der Waals surface area (Å²) in [7, 11) is -1.08. The van der Waals surface area contributed by atoms with Crippen LogP contribution in [0.15, 0.2) is 71.6 Å². The number of nitrogens with one attached hydrogen (secondary N) is 2. The molecule has 3 aromatic rings. The monoisotopic (exact) mass is 470 g/mol. The number of sulfonamides is 1. The lowest BCUT2D eigenvalue weighted by molar-refractivity contribution is 0.102. The van der Waals surface area contributed by atoms with Gasteiger partial charge in [-0.1, -0.05) is 12.1 Å². The maximum Gasteiger partial charge on any atom is 0.262 e. The minimum absolute atomic E-state index is 0.0167. The maximum absolute atomic E-state index is 13.0. The van der Waals surface area contributed by atoms with Gasteiger partial charge in [0.25, 0.3) is 15.9 Å². The first-order chi connectivity index (χ1) is 15.7. The number of carbonyl (C=O) groups is 1. The normalized spacial score (nSPS) is 11.1. The molecule has 9 heteroatoms. The predicted molar refractivity (Wildman–Crippen MR) is 127 cm³/mol. The topological polar surface area (TPSA) is 103 Å². The van der Waals surface area contributed by atoms with Crippen LogP contribution in [0.4, 0.5) is 11.4 Å². The quantitative estimate of drug-likeness (QED) is 0.476. The van der Waals surface area contributed by atoms with Crippen LogP contribution in [0.2, 0.25) is 0 Å². The van der Waals surface area contributed by atoms with Gasteiger partial charge >= 0.3 is 0 Å². The Morgan fingerprint density at radius 3 is 2.12 bits per heavy atom. The van der Waals surface area contributed by atoms with Crippen molar-refractivity contribution in [1.82, 2.24) is 0 Å². The van der Waals surface area contributed by atoms with E-state index < -0.39 is 15.9 Å². The summed E-state index contributed by atoms with van der Waals surface area (Å²) in [5.41, 5.74) is 0.895. The lowest BCUT2D eigenvalue weighted by Crippen LogP contribution is -2.16. The Labute approximate surface area is 193 Å². The highest BCUT2D eigenvalue weighted by atomic mass is 32.2. The molecule has 0 aliphatic rings. The van der Waals surface area contributed by atoms with Crippen molar-refractivity contribution in [2.24, 2.45) is 0 Å². The average Bonchev–Trinajstić information content (AvgIpc) is 2.79. The molecule has 0 saturated heterocycles. The molecule has 174 valence electrons. The molecule has 0 radical (unpaired) electrons. The third kappa shape index (κ3) is 5.95. The summed E-state index contributed by atoms with van der Waals surface area (Å²) in [6.07, 6.45) is 0.0167. The molecule has 1 amide bonds. The van der Waals surface area contributed by atoms with E-state index in [9.17, 15) is 13.2 Å². The molecule has 3 aromatic carbocycles. The molecule has 0 aromatic heterocycles. The number of hydrogen-bond donors (Lipinski definition) is 2. The zero-order valence-electron chi connectivity index (χ0n) is 18.8. The second kappa shape index (κ2) is 10.3. The summed E-state index contributed by atoms with van der Waals surface area (Å²) in [6, 6.07) is 17.5. The first-order valence-corrected chi connectivity index (χ1v) is 11.6. The number of carbonyl (C=O) groups excluding carboxylic acids is 1. The minimum atomic E-state index is -3.96. The lowest BCUT2D eigenvalue weighted by Gasteiger charge is -2.15. The summed E-state index contributed by atoms with van der Waals surface area (Å²) in [4.78, 5) is 12.7. The maximum atomic E-state index is 13.0. The van der Waals surface area contributed by atoms with Crippen molar-refractivity contribution in [3.8, 4) is 17.2 Å². The van der Waals surface area contributed by atoms with Crippen LogP contribution < -0.4 is 24.2 Å². The molecular weight excluding hydrogens is 444 g/mol. The van der Waals surface area contributed by atoms with E-state index in [-0.39, 0.29) is 16.7 Å². The van der Waals surface area contributed by atoms with E-state index in [0.29, 0.717) is 28.5 Å². The molecule has 3 rings (SSSR count). The van der Waals surface area contributed by atoms with E-state index in [1.54, 1.807) is 48.5 Å². The van der Waals surface area contributed by atoms with Gasteiger partial charge in [0, 0.05) is 5.56 Å². The Morgan fingerprint density at radius 2 is 1.48 bits per heavy atom. The van der Waals surface area contributed by atoms with Crippen molar-refractivity contribution in [2.45, 2.75) is 24.8 Å². The fourth-order valence-electron chi connectivity index (χ4n) is 3.04. The van der Waals surface area contributed by atoms with Gasteiger partial charge in [-0.05, 0) is 68.4 Å². The average molecular weight is 471 g/mol. The number of benzene rings is 3. The van der Waals surface area contributed by atoms with E-state index in [1.165, 1.54) is 32.4 Å². The Hall–Kier alpha value is -3.72. The van der Waals surface area contributed by atoms with Gasteiger partial charge in [-0.15, -0.1) is 0 Å². The van der Waals surface area contributed by atoms with E-state index >= 15 is 0 Å². The summed E-state index contributed by atoms with van der Waals surface area (Å²) < 4.78 is 44.5. The van der Waals surface area contributed by atoms with Crippen LogP contribution in [-0.2, 0) is 10.0 Å². The van der Waals surface area contributed by atoms with Gasteiger partial charge in [0.1, 0.15) is 17.2 Å². The van der Waals surface area contributed by atoms with Crippen LogP contribution in [0.25, 0.3) is 0 Å². The highest BCUT2D eigenvalue weighted by Crippen LogP contribution is 2.31. The van der Waals surface area contributed by atoms with Gasteiger partial charge in [-0.3, -0.25) is 9.52 Å². The summed E-state index contributed by atoms with van der Waals surface area (Å²) in [5.74, 6) is 0.929. The van der Waals surface area contributed by atoms with Gasteiger partial charge in [0.15, 0.2) is 0 Å². The van der Waals surface area contributed by atoms with Crippen LogP contribution in [-0.4, -0.2) is 34.6 Å². The van der Waals surface area contributed by atoms with Crippen molar-refractivity contribution in [3.05, 3.63) is 72.3 Å². The number of methoxy groups -OCH3 is 2. The standard InChI is InChI=1S/C24H26N2O6S/c1-16(2)32-18-11-9-17(10-12-18)24(27)25-21-15-19(13-14-23(21)31-4)33(28,29)26-20-7-5-6-8-22(20)30-3/h5-16,26H,1-4H3,(H,25,27). The summed E-state index contributed by atoms with van der Waals surface area (Å²) in [6.45, 7) is 3.83. The van der Waals surface area contributed by atoms with Crippen molar-refractivity contribution < 1.29 is 27.4 Å². The van der Waals surface area contributed by atoms with Crippen LogP contribution >= 0.6 is 0 Å². The highest BCUT2D eigenvalue weighted by Gasteiger charge is 2.20. The Balaban J connectivity index is 1.85. The number of para-hydroxylation sites is 2. The number of anilines is 2. The first kappa shape index (κ1) is 23.9. The Morgan fingerprint density at radius 1 is 0.848 bits per heavy atom. The second-order valence-corrected chi connectivity index (χ2v) is 9.00. The SMILES string of the molecule is COc1ccc(S(=O)(=O)Nc2ccccc2OC)cc1NC(=O)c1ccc(OC(C)C)cc1. The van der Waals surface area contributed by atoms with Crippen LogP contribution in [0, 0.1) is 0 Å². The molecule has 0 fully saturated rings. The zero-order valence-corrected chi connectivity index (χ0v) is 19.6. The lowest BCUT2D eigenvalue weighted by atomic mass is 10.2. The van der Waals surface area contributed by atoms with E-state index in [1.807, 2.05) is 13.8 Å². The molecule has 2 N–H and O–H groups in total. The zero-order chi connectivity index (χ0) is 24.0. The summed E-state index contributed by atoms with van der Waals surface area (Å²) >= 11 is 0. The molecule has 0 saturated carbocycles. The fourth-order valence-corrected chi connectivity index (χ4v) is 4.13. The molecular formula is C24H26N2O6S. The van der Waals surface area contributed by atoms with Gasteiger partial charge in [0.2, 0.25) is 0 Å². The molecule has 0 spiro atoms. The van der Waals surface area contributed by atoms with E-state index in [0.717, 1.165) is 0 Å². The van der Waals surface area contributed by atoms with Crippen molar-refractivity contribution in [2.75, 3.05) is 24.3 Å². The van der Waals surface area contributed by atoms with E-state index in [2.05, 4.69) is 10.0 Å². The number of ether oxygens (including phenoxy) is 3. The summed E-state index contributed by atoms with van der Waals surface area (Å²) in [5, 5.41) is 2.72. The minimum Gasteiger partial charge on any atom is -0.495 e. The first-order valence-electron chi connectivity index (χ1n) is 10.2. The van der Waals surface area contributed by atoms with Crippen LogP contribution in [0.1, 0.15) is 24.2 Å². The van der Waals surface area contributed by atoms with Crippen molar-refractivity contribution in [1.29, 1.82) is 0 Å². The van der Waals surface area contributed by atoms with Crippen molar-refractivity contribution >= 4 is 27.3 Å². The second-order valence-electron chi connectivity index (χ2n) is 7.31. The molecule has 0 bridgehead atoms. The third-order valence-corrected chi connectivity index (χ3v) is 5.93. The third-order valence-electron chi connectivity index (χ3n) is 4.57. The largest absolute Gasteiger partial charge is 0.495 e. The number of amides is 1. The van der Waals surface area contributed by atoms with E-state index in [4.69, 9.17) is 14.2 Å². The molecule has 0 aliphatic heterocycles. The van der Waals surface area contributed by atoms with Crippen molar-refractivity contribution in [3.63, 3.8) is 0 Å². The van der Waals surface area contributed by atoms with Gasteiger partial charge < -0.3 is 19.5 Å². The number of hydrogen-bond acceptors (Lipinski definition) is 6. The molecule has 0 heterocycles. The van der Waals surface area contributed by atoms with Crippen LogP contribution in [0.3, 0.4) is 0 Å². The molecule has 0 atom stereocenters. The predicted octanol–water partition coefficient (Wildman–Crippen LogP) is 4.54. The van der Waals surface area contributed by atoms with Gasteiger partial charge in [-0.2, -0.15) is 0 Å². The number of rotatable bonds is 9. The smallest absolute Gasteiger partial charge is 0.262 e. The molecule has 0 unspecified atom stereocenters. The molecule has 8 nitrogen and oxygen atoms in total.